The van der Waals surface area contributed by atoms with Gasteiger partial charge in [-0.2, -0.15) is 164 Å². The zero-order chi connectivity index (χ0) is 59.2. The number of benzene rings is 1. The largest absolute Gasteiger partial charge is 0.460 e. The molecule has 0 unspecified atom stereocenters. The number of rotatable bonds is 21. The summed E-state index contributed by atoms with van der Waals surface area (Å²) in [6.45, 7) is -0.967. The Balaban J connectivity index is 4.33. The molecular weight excluding hydrogens is 1150 g/mol. The van der Waals surface area contributed by atoms with Gasteiger partial charge in [0.05, 0.1) is 16.9 Å². The molecule has 1 amide bonds. The molecule has 1 N–H and O–H groups in total. The second-order valence-electron chi connectivity index (χ2n) is 13.7. The zero-order valence-corrected chi connectivity index (χ0v) is 32.9. The van der Waals surface area contributed by atoms with E-state index in [2.05, 4.69) is 14.7 Å². The Labute approximate surface area is 373 Å². The van der Waals surface area contributed by atoms with Crippen LogP contribution >= 0.6 is 0 Å². The Bertz CT molecular complexity index is 2390. The first-order chi connectivity index (χ1) is 31.6. The normalized spacial score (nSPS) is 15.4. The summed E-state index contributed by atoms with van der Waals surface area (Å²) < 4.78 is 498. The Morgan fingerprint density at radius 1 is 0.452 bits per heavy atom. The maximum absolute atomic E-state index is 15.6. The molecule has 0 aliphatic carbocycles. The van der Waals surface area contributed by atoms with Crippen LogP contribution in [0.2, 0.25) is 0 Å². The maximum Gasteiger partial charge on any atom is 0.460 e. The fourth-order valence-corrected chi connectivity index (χ4v) is 4.98. The van der Waals surface area contributed by atoms with E-state index in [1.807, 2.05) is 0 Å². The van der Waals surface area contributed by atoms with E-state index >= 15 is 17.6 Å². The Hall–Kier alpha value is -5.53. The van der Waals surface area contributed by atoms with E-state index in [1.165, 1.54) is 0 Å². The summed E-state index contributed by atoms with van der Waals surface area (Å²) in [5.74, 6) is -162. The average Bonchev–Trinajstić information content (AvgIpc) is 3.20. The molecule has 0 atom stereocenters. The van der Waals surface area contributed by atoms with Gasteiger partial charge >= 0.3 is 107 Å². The van der Waals surface area contributed by atoms with E-state index in [0.717, 1.165) is 5.32 Å². The first-order valence-electron chi connectivity index (χ1n) is 16.5. The molecule has 0 saturated heterocycles. The molecule has 0 heterocycles. The monoisotopic (exact) mass is 1160 g/mol. The Morgan fingerprint density at radius 3 is 0.959 bits per heavy atom. The lowest BCUT2D eigenvalue weighted by atomic mass is 9.81. The predicted molar refractivity (Wildman–Crippen MR) is 155 cm³/mol. The lowest BCUT2D eigenvalue weighted by Crippen LogP contribution is -2.80. The van der Waals surface area contributed by atoms with Gasteiger partial charge in [-0.1, -0.05) is 0 Å². The number of hydrogen-bond donors (Lipinski definition) is 1. The number of hydrogen-bond acceptors (Lipinski definition) is 7. The van der Waals surface area contributed by atoms with E-state index in [4.69, 9.17) is 0 Å². The molecule has 0 radical (unpaired) electrons. The van der Waals surface area contributed by atoms with Crippen molar-refractivity contribution < 1.29 is 178 Å². The number of carbonyl (C=O) groups excluding carboxylic acids is 4. The van der Waals surface area contributed by atoms with Crippen molar-refractivity contribution >= 4 is 35.4 Å². The van der Waals surface area contributed by atoms with Crippen molar-refractivity contribution in [2.75, 3.05) is 6.73 Å². The number of nitrogens with one attached hydrogen (secondary N) is 1. The van der Waals surface area contributed by atoms with Crippen molar-refractivity contribution in [1.82, 2.24) is 5.32 Å². The van der Waals surface area contributed by atoms with Crippen molar-refractivity contribution in [3.8, 4) is 0 Å². The highest BCUT2D eigenvalue weighted by Gasteiger charge is 3.02. The van der Waals surface area contributed by atoms with Crippen molar-refractivity contribution in [2.24, 2.45) is 9.98 Å². The van der Waals surface area contributed by atoms with Crippen LogP contribution in [-0.4, -0.2) is 126 Å². The third-order valence-corrected chi connectivity index (χ3v) is 9.19. The van der Waals surface area contributed by atoms with Crippen LogP contribution in [0, 0.1) is 6.92 Å². The van der Waals surface area contributed by atoms with Gasteiger partial charge in [-0.15, -0.1) is 0 Å². The van der Waals surface area contributed by atoms with Crippen molar-refractivity contribution in [3.05, 3.63) is 22.8 Å². The minimum atomic E-state index is -10.5. The summed E-state index contributed by atoms with van der Waals surface area (Å²) in [6.07, 6.45) is -7.89. The van der Waals surface area contributed by atoms with Gasteiger partial charge in [0, 0.05) is 18.1 Å². The van der Waals surface area contributed by atoms with Crippen LogP contribution in [0.25, 0.3) is 0 Å². The smallest absolute Gasteiger partial charge is 0.445 e. The number of ether oxygens (including phenoxy) is 1. The third kappa shape index (κ3) is 8.48. The Morgan fingerprint density at radius 2 is 0.712 bits per heavy atom. The molecule has 1 rings (SSSR count). The van der Waals surface area contributed by atoms with Crippen LogP contribution in [0.1, 0.15) is 28.4 Å². The second-order valence-corrected chi connectivity index (χ2v) is 13.7. The van der Waals surface area contributed by atoms with Gasteiger partial charge in [-0.05, 0) is 13.0 Å². The molecule has 1 aromatic rings. The van der Waals surface area contributed by atoms with E-state index in [9.17, 15) is 155 Å². The molecule has 73 heavy (non-hydrogen) atoms. The SMILES string of the molecule is CC(=O)OCNC(=O)c1c(C(F)(F)C(F)(F)C(F)(F)C(F)(F)C(F)(F)C(F)(F)C(F)(F)C(F)(F)C(F)(F)C(F)(F)C(F)(F)C(F)(F)C(F)(F)C(F)(F)C(F)(F)C(F)(F)C(F)(F)F)cc(N=C=O)c(C)c1N=C=O. The molecule has 0 aliphatic rings. The summed E-state index contributed by atoms with van der Waals surface area (Å²) in [6, 6.07) is -1.09. The Kier molecular flexibility index (Phi) is 16.2. The molecule has 43 heteroatoms. The van der Waals surface area contributed by atoms with Crippen molar-refractivity contribution in [3.63, 3.8) is 0 Å². The van der Waals surface area contributed by atoms with Gasteiger partial charge in [0.2, 0.25) is 12.2 Å². The van der Waals surface area contributed by atoms with E-state index in [-0.39, 0.29) is 6.08 Å². The number of isocyanates is 2. The second kappa shape index (κ2) is 18.1. The minimum absolute atomic E-state index is 0.286. The van der Waals surface area contributed by atoms with Gasteiger partial charge in [0.25, 0.3) is 5.91 Å². The van der Waals surface area contributed by atoms with Crippen LogP contribution in [0.4, 0.5) is 165 Å². The van der Waals surface area contributed by atoms with Crippen LogP contribution in [0.3, 0.4) is 0 Å². The van der Waals surface area contributed by atoms with Crippen LogP contribution in [0.15, 0.2) is 16.1 Å². The number of aliphatic imine (C=N–C) groups is 2. The number of alkyl halides is 35. The maximum atomic E-state index is 15.6. The number of nitrogens with zero attached hydrogens (tertiary/aromatic N) is 2. The highest BCUT2D eigenvalue weighted by atomic mass is 19.4. The molecule has 8 nitrogen and oxygen atoms in total. The number of esters is 1. The average molecular weight is 1160 g/mol. The first-order valence-corrected chi connectivity index (χ1v) is 16.5. The molecule has 0 aromatic heterocycles. The van der Waals surface area contributed by atoms with Crippen molar-refractivity contribution in [2.45, 2.75) is 115 Å². The standard InChI is InChI=1S/C30H10F35N3O5/c1-7-10(66-4-69)3-9(11(12(7)67-5-70)13(72)68-6-73-8(2)71)14(31,32)15(33,34)16(35,36)17(37,38)18(39,40)19(41,42)20(43,44)21(45,46)22(47,48)23(49,50)24(51,52)25(53,54)26(55,56)27(57,58)28(59,60)29(61,62)30(63,64)65/h3H,6H2,1-2H3,(H,68,72). The van der Waals surface area contributed by atoms with Gasteiger partial charge in [0.1, 0.15) is 0 Å². The lowest BCUT2D eigenvalue weighted by molar-refractivity contribution is -0.492. The molecule has 0 spiro atoms. The highest BCUT2D eigenvalue weighted by molar-refractivity contribution is 6.03. The highest BCUT2D eigenvalue weighted by Crippen LogP contribution is 2.71. The zero-order valence-electron chi connectivity index (χ0n) is 32.9. The summed E-state index contributed by atoms with van der Waals surface area (Å²) in [5.41, 5.74) is -11.5. The molecule has 0 bridgehead atoms. The summed E-state index contributed by atoms with van der Waals surface area (Å²) in [7, 11) is 0. The van der Waals surface area contributed by atoms with E-state index in [0.29, 0.717) is 19.9 Å². The summed E-state index contributed by atoms with van der Waals surface area (Å²) in [5, 5.41) is 1.05. The summed E-state index contributed by atoms with van der Waals surface area (Å²) in [4.78, 5) is 50.1. The van der Waals surface area contributed by atoms with Crippen LogP contribution in [-0.2, 0) is 25.0 Å². The fourth-order valence-electron chi connectivity index (χ4n) is 4.98. The number of carbonyl (C=O) groups is 2. The predicted octanol–water partition coefficient (Wildman–Crippen LogP) is 12.4. The van der Waals surface area contributed by atoms with E-state index < -0.39 is 154 Å². The third-order valence-electron chi connectivity index (χ3n) is 9.19. The lowest BCUT2D eigenvalue weighted by Gasteiger charge is -2.47. The quantitative estimate of drug-likeness (QED) is 0.0433. The van der Waals surface area contributed by atoms with Gasteiger partial charge in [-0.25, -0.2) is 9.59 Å². The molecule has 420 valence electrons. The van der Waals surface area contributed by atoms with Gasteiger partial charge < -0.3 is 10.1 Å². The molecular formula is C30H10F35N3O5. The van der Waals surface area contributed by atoms with E-state index in [1.54, 1.807) is 0 Å². The number of amides is 1. The van der Waals surface area contributed by atoms with Crippen LogP contribution in [0.5, 0.6) is 0 Å². The van der Waals surface area contributed by atoms with Crippen LogP contribution < -0.4 is 5.32 Å². The fraction of sp³-hybridized carbons (Fsp3) is 0.667. The first kappa shape index (κ1) is 65.5. The van der Waals surface area contributed by atoms with Gasteiger partial charge in [0.15, 0.2) is 6.73 Å². The molecule has 0 aliphatic heterocycles. The topological polar surface area (TPSA) is 114 Å². The molecule has 0 saturated carbocycles. The minimum Gasteiger partial charge on any atom is -0.445 e. The molecule has 1 aromatic carbocycles. The van der Waals surface area contributed by atoms with Crippen molar-refractivity contribution in [1.29, 1.82) is 0 Å². The molecule has 0 fully saturated rings. The van der Waals surface area contributed by atoms with Gasteiger partial charge in [-0.3, -0.25) is 9.59 Å². The summed E-state index contributed by atoms with van der Waals surface area (Å²) >= 11 is 0. The number of halogens is 35.